The maximum absolute atomic E-state index is 11.9. The summed E-state index contributed by atoms with van der Waals surface area (Å²) in [7, 11) is -2.29. The second-order valence-electron chi connectivity index (χ2n) is 6.75. The summed E-state index contributed by atoms with van der Waals surface area (Å²) in [6.45, 7) is 5.52. The van der Waals surface area contributed by atoms with Crippen molar-refractivity contribution in [2.24, 2.45) is 0 Å². The summed E-state index contributed by atoms with van der Waals surface area (Å²) in [5.74, 6) is -2.24. The van der Waals surface area contributed by atoms with Gasteiger partial charge in [0, 0.05) is 17.5 Å². The van der Waals surface area contributed by atoms with Crippen molar-refractivity contribution in [1.82, 2.24) is 5.32 Å². The number of ether oxygens (including phenoxy) is 1. The van der Waals surface area contributed by atoms with Crippen LogP contribution in [-0.2, 0) is 27.9 Å². The summed E-state index contributed by atoms with van der Waals surface area (Å²) in [5.41, 5.74) is -0.500. The van der Waals surface area contributed by atoms with Gasteiger partial charge in [-0.15, -0.1) is 9.05 Å². The Balaban J connectivity index is 3.50. The zero-order valence-electron chi connectivity index (χ0n) is 15.9. The van der Waals surface area contributed by atoms with Crippen molar-refractivity contribution in [1.29, 1.82) is 0 Å². The van der Waals surface area contributed by atoms with Crippen molar-refractivity contribution in [3.63, 3.8) is 0 Å². The molecule has 0 saturated carbocycles. The first kappa shape index (κ1) is 25.8. The number of unbranched alkanes of at least 4 members (excludes halogenated alkanes) is 3. The first-order valence-corrected chi connectivity index (χ1v) is 9.81. The third kappa shape index (κ3) is 16.6. The van der Waals surface area contributed by atoms with Crippen molar-refractivity contribution in [2.45, 2.75) is 71.1 Å². The average Bonchev–Trinajstić information content (AvgIpc) is 2.51. The standard InChI is InChI=1S/C16H27F3NO6P/c1-15(2,3)26-13(21)9-5-4-7-11-24-27(23)25-12-8-6-10-20-14(22)16(17,18)19/h4-12H2,1-3H3/p+1. The lowest BCUT2D eigenvalue weighted by molar-refractivity contribution is -0.173. The van der Waals surface area contributed by atoms with Crippen LogP contribution in [0.25, 0.3) is 0 Å². The topological polar surface area (TPSA) is 90.9 Å². The van der Waals surface area contributed by atoms with Gasteiger partial charge in [-0.1, -0.05) is 6.42 Å². The van der Waals surface area contributed by atoms with Gasteiger partial charge in [-0.25, -0.2) is 0 Å². The van der Waals surface area contributed by atoms with Gasteiger partial charge >= 0.3 is 26.3 Å². The number of hydrogen-bond acceptors (Lipinski definition) is 6. The molecule has 27 heavy (non-hydrogen) atoms. The number of halogens is 3. The molecule has 0 aliphatic heterocycles. The number of esters is 1. The first-order valence-electron chi connectivity index (χ1n) is 8.72. The molecule has 11 heteroatoms. The zero-order chi connectivity index (χ0) is 20.9. The van der Waals surface area contributed by atoms with Gasteiger partial charge in [0.15, 0.2) is 0 Å². The van der Waals surface area contributed by atoms with E-state index in [2.05, 4.69) is 0 Å². The van der Waals surface area contributed by atoms with Crippen LogP contribution in [0.2, 0.25) is 0 Å². The summed E-state index contributed by atoms with van der Waals surface area (Å²) in [5, 5.41) is 1.73. The highest BCUT2D eigenvalue weighted by Gasteiger charge is 2.38. The number of carbonyl (C=O) groups excluding carboxylic acids is 2. The predicted octanol–water partition coefficient (Wildman–Crippen LogP) is 4.04. The van der Waals surface area contributed by atoms with Gasteiger partial charge in [0.05, 0.1) is 0 Å². The minimum Gasteiger partial charge on any atom is -0.460 e. The lowest BCUT2D eigenvalue weighted by Crippen LogP contribution is -2.37. The van der Waals surface area contributed by atoms with Crippen molar-refractivity contribution >= 4 is 20.1 Å². The van der Waals surface area contributed by atoms with Gasteiger partial charge in [0.2, 0.25) is 0 Å². The smallest absolute Gasteiger partial charge is 0.460 e. The summed E-state index contributed by atoms with van der Waals surface area (Å²) >= 11 is 0. The third-order valence-corrected chi connectivity index (χ3v) is 3.74. The fourth-order valence-corrected chi connectivity index (χ4v) is 2.42. The Morgan fingerprint density at radius 1 is 0.926 bits per heavy atom. The third-order valence-electron chi connectivity index (χ3n) is 2.95. The molecule has 1 unspecified atom stereocenters. The van der Waals surface area contributed by atoms with E-state index in [0.29, 0.717) is 32.1 Å². The van der Waals surface area contributed by atoms with E-state index in [4.69, 9.17) is 13.8 Å². The van der Waals surface area contributed by atoms with Crippen LogP contribution >= 0.6 is 8.25 Å². The van der Waals surface area contributed by atoms with Gasteiger partial charge < -0.3 is 10.1 Å². The highest BCUT2D eigenvalue weighted by atomic mass is 31.1. The molecular formula is C16H28F3NO6P+. The SMILES string of the molecule is CC(C)(C)OC(=O)CCCCCO[P+](=O)OCCCCNC(=O)C(F)(F)F. The Hall–Kier alpha value is -1.25. The van der Waals surface area contributed by atoms with Crippen molar-refractivity contribution < 1.29 is 41.1 Å². The summed E-state index contributed by atoms with van der Waals surface area (Å²) in [4.78, 5) is 22.0. The molecule has 1 N–H and O–H groups in total. The quantitative estimate of drug-likeness (QED) is 0.276. The van der Waals surface area contributed by atoms with E-state index in [-0.39, 0.29) is 32.1 Å². The van der Waals surface area contributed by atoms with Gasteiger partial charge in [0.1, 0.15) is 18.8 Å². The average molecular weight is 418 g/mol. The summed E-state index contributed by atoms with van der Waals surface area (Å²) in [6, 6.07) is 0. The lowest BCUT2D eigenvalue weighted by Gasteiger charge is -2.19. The molecule has 0 saturated heterocycles. The van der Waals surface area contributed by atoms with Crippen molar-refractivity contribution in [2.75, 3.05) is 19.8 Å². The molecule has 0 aromatic rings. The van der Waals surface area contributed by atoms with Crippen LogP contribution in [0.5, 0.6) is 0 Å². The minimum atomic E-state index is -4.89. The van der Waals surface area contributed by atoms with Crippen LogP contribution in [0.3, 0.4) is 0 Å². The molecule has 0 aliphatic carbocycles. The molecule has 0 fully saturated rings. The highest BCUT2D eigenvalue weighted by Crippen LogP contribution is 2.24. The molecule has 7 nitrogen and oxygen atoms in total. The number of carbonyl (C=O) groups is 2. The van der Waals surface area contributed by atoms with Crippen LogP contribution in [-0.4, -0.2) is 43.4 Å². The maximum atomic E-state index is 11.9. The number of nitrogens with one attached hydrogen (secondary N) is 1. The highest BCUT2D eigenvalue weighted by molar-refractivity contribution is 7.33. The monoisotopic (exact) mass is 418 g/mol. The largest absolute Gasteiger partial charge is 0.697 e. The Morgan fingerprint density at radius 3 is 2.00 bits per heavy atom. The lowest BCUT2D eigenvalue weighted by atomic mass is 10.1. The molecule has 1 amide bonds. The predicted molar refractivity (Wildman–Crippen MR) is 92.1 cm³/mol. The van der Waals surface area contributed by atoms with Crippen LogP contribution in [0.1, 0.15) is 59.3 Å². The van der Waals surface area contributed by atoms with Crippen molar-refractivity contribution in [3.05, 3.63) is 0 Å². The molecule has 0 aliphatic rings. The summed E-state index contributed by atoms with van der Waals surface area (Å²) in [6.07, 6.45) is -2.03. The number of hydrogen-bond donors (Lipinski definition) is 1. The van der Waals surface area contributed by atoms with Crippen molar-refractivity contribution in [3.8, 4) is 0 Å². The van der Waals surface area contributed by atoms with Gasteiger partial charge in [0.25, 0.3) is 0 Å². The molecule has 0 aromatic heterocycles. The fourth-order valence-electron chi connectivity index (χ4n) is 1.79. The molecule has 1 atom stereocenters. The maximum Gasteiger partial charge on any atom is 0.697 e. The van der Waals surface area contributed by atoms with E-state index in [9.17, 15) is 27.3 Å². The first-order chi connectivity index (χ1) is 12.4. The Bertz CT molecular complexity index is 480. The fraction of sp³-hybridized carbons (Fsp3) is 0.875. The van der Waals surface area contributed by atoms with Gasteiger partial charge in [-0.3, -0.25) is 9.59 Å². The normalized spacial score (nSPS) is 12.6. The van der Waals surface area contributed by atoms with E-state index in [0.717, 1.165) is 0 Å². The van der Waals surface area contributed by atoms with E-state index in [1.807, 2.05) is 0 Å². The van der Waals surface area contributed by atoms with Crippen LogP contribution in [0.15, 0.2) is 0 Å². The summed E-state index contributed by atoms with van der Waals surface area (Å²) < 4.78 is 62.2. The van der Waals surface area contributed by atoms with Gasteiger partial charge in [-0.2, -0.15) is 13.2 Å². The molecule has 0 heterocycles. The van der Waals surface area contributed by atoms with Crippen LogP contribution < -0.4 is 5.32 Å². The number of rotatable bonds is 13. The van der Waals surface area contributed by atoms with E-state index in [1.54, 1.807) is 26.1 Å². The van der Waals surface area contributed by atoms with E-state index >= 15 is 0 Å². The Labute approximate surface area is 158 Å². The van der Waals surface area contributed by atoms with Crippen LogP contribution in [0.4, 0.5) is 13.2 Å². The molecule has 0 radical (unpaired) electrons. The molecular weight excluding hydrogens is 390 g/mol. The molecule has 158 valence electrons. The van der Waals surface area contributed by atoms with E-state index < -0.39 is 25.9 Å². The molecule has 0 aromatic carbocycles. The second kappa shape index (κ2) is 13.0. The number of amides is 1. The molecule has 0 bridgehead atoms. The Morgan fingerprint density at radius 2 is 1.48 bits per heavy atom. The zero-order valence-corrected chi connectivity index (χ0v) is 16.8. The molecule has 0 spiro atoms. The van der Waals surface area contributed by atoms with E-state index in [1.165, 1.54) is 0 Å². The number of alkyl halides is 3. The Kier molecular flexibility index (Phi) is 12.4. The van der Waals surface area contributed by atoms with Gasteiger partial charge in [-0.05, 0) is 46.5 Å². The van der Waals surface area contributed by atoms with Crippen LogP contribution in [0, 0.1) is 0 Å². The minimum absolute atomic E-state index is 0.0513. The molecule has 0 rings (SSSR count). The second-order valence-corrected chi connectivity index (χ2v) is 7.71.